The number of aromatic amines is 2. The highest BCUT2D eigenvalue weighted by atomic mass is 16.5. The van der Waals surface area contributed by atoms with Crippen LogP contribution in [0.3, 0.4) is 0 Å². The molecular weight excluding hydrogens is 644 g/mol. The van der Waals surface area contributed by atoms with E-state index in [0.29, 0.717) is 18.3 Å². The molecule has 4 heterocycles. The first kappa shape index (κ1) is 34.1. The first-order chi connectivity index (χ1) is 24.7. The number of imidazole rings is 2. The standard InChI is InChI=1S/C39H44N8O4/c1-23(2)35(40-3)38(49)46-17-5-6-32(46)36-41-20-31(45-36)27-12-9-24(10-13-27)7-8-25-11-16-29-30(18-25)44-37(43-29)33-19-28(26-14-15-26)22-47(33)34(48)21-42-39(50)51-4/h9-13,16,18-20,23,26,32-33,35,40H,5-6,14-15,17,21-22H2,1-4H3,(H,41,45)(H,42,50)(H,43,44). The fraction of sp³-hybridized carbons (Fsp3) is 0.410. The maximum atomic E-state index is 13.3. The molecule has 1 saturated carbocycles. The number of alkyl carbamates (subject to hydrolysis) is 1. The number of fused-ring (bicyclic) bond motifs is 1. The molecule has 4 aromatic rings. The summed E-state index contributed by atoms with van der Waals surface area (Å²) in [4.78, 5) is 58.1. The second-order valence-corrected chi connectivity index (χ2v) is 13.9. The van der Waals surface area contributed by atoms with Gasteiger partial charge in [-0.3, -0.25) is 9.59 Å². The topological polar surface area (TPSA) is 148 Å². The second-order valence-electron chi connectivity index (χ2n) is 13.9. The molecule has 12 nitrogen and oxygen atoms in total. The zero-order valence-corrected chi connectivity index (χ0v) is 29.5. The number of hydrogen-bond donors (Lipinski definition) is 4. The zero-order valence-electron chi connectivity index (χ0n) is 29.5. The molecule has 1 saturated heterocycles. The maximum Gasteiger partial charge on any atom is 0.407 e. The third-order valence-corrected chi connectivity index (χ3v) is 10.1. The highest BCUT2D eigenvalue weighted by Crippen LogP contribution is 2.43. The lowest BCUT2D eigenvalue weighted by Crippen LogP contribution is -2.47. The number of methoxy groups -OCH3 is 1. The van der Waals surface area contributed by atoms with Crippen LogP contribution in [-0.2, 0) is 14.3 Å². The van der Waals surface area contributed by atoms with Crippen LogP contribution in [-0.4, -0.2) is 87.5 Å². The average molecular weight is 689 g/mol. The summed E-state index contributed by atoms with van der Waals surface area (Å²) in [5.74, 6) is 8.68. The summed E-state index contributed by atoms with van der Waals surface area (Å²) in [7, 11) is 3.12. The Balaban J connectivity index is 1.03. The summed E-state index contributed by atoms with van der Waals surface area (Å²) in [6.07, 6.45) is 7.45. The van der Waals surface area contributed by atoms with Gasteiger partial charge in [-0.05, 0) is 86.0 Å². The van der Waals surface area contributed by atoms with E-state index in [0.717, 1.165) is 71.5 Å². The predicted molar refractivity (Wildman–Crippen MR) is 193 cm³/mol. The number of aromatic nitrogens is 4. The van der Waals surface area contributed by atoms with E-state index in [1.165, 1.54) is 12.7 Å². The van der Waals surface area contributed by atoms with Crippen molar-refractivity contribution < 1.29 is 19.1 Å². The molecule has 4 N–H and O–H groups in total. The van der Waals surface area contributed by atoms with Crippen molar-refractivity contribution in [1.29, 1.82) is 0 Å². The number of likely N-dealkylation sites (N-methyl/N-ethyl adjacent to an activating group) is 1. The van der Waals surface area contributed by atoms with Crippen LogP contribution in [0.5, 0.6) is 0 Å². The Morgan fingerprint density at radius 1 is 1.00 bits per heavy atom. The van der Waals surface area contributed by atoms with Crippen LogP contribution < -0.4 is 10.6 Å². The van der Waals surface area contributed by atoms with Crippen LogP contribution in [0.25, 0.3) is 22.3 Å². The van der Waals surface area contributed by atoms with Crippen molar-refractivity contribution in [1.82, 2.24) is 40.4 Å². The van der Waals surface area contributed by atoms with Gasteiger partial charge in [0.05, 0.1) is 42.1 Å². The highest BCUT2D eigenvalue weighted by Gasteiger charge is 2.38. The van der Waals surface area contributed by atoms with Gasteiger partial charge in [-0.1, -0.05) is 43.9 Å². The number of nitrogens with zero attached hydrogens (tertiary/aromatic N) is 4. The van der Waals surface area contributed by atoms with E-state index in [2.05, 4.69) is 62.1 Å². The number of amides is 3. The third-order valence-electron chi connectivity index (χ3n) is 10.1. The fourth-order valence-electron chi connectivity index (χ4n) is 7.16. The first-order valence-electron chi connectivity index (χ1n) is 17.7. The van der Waals surface area contributed by atoms with Gasteiger partial charge in [0.25, 0.3) is 0 Å². The number of likely N-dealkylation sites (tertiary alicyclic amines) is 1. The summed E-state index contributed by atoms with van der Waals surface area (Å²) in [5, 5.41) is 5.68. The molecule has 0 radical (unpaired) electrons. The van der Waals surface area contributed by atoms with Crippen molar-refractivity contribution >= 4 is 28.9 Å². The molecule has 3 amide bonds. The van der Waals surface area contributed by atoms with Crippen molar-refractivity contribution in [2.24, 2.45) is 11.8 Å². The van der Waals surface area contributed by atoms with Gasteiger partial charge in [-0.2, -0.15) is 0 Å². The molecule has 3 unspecified atom stereocenters. The Kier molecular flexibility index (Phi) is 9.65. The molecule has 2 aromatic carbocycles. The minimum Gasteiger partial charge on any atom is -0.453 e. The average Bonchev–Trinajstić information content (AvgIpc) is 3.54. The lowest BCUT2D eigenvalue weighted by molar-refractivity contribution is -0.135. The van der Waals surface area contributed by atoms with Gasteiger partial charge >= 0.3 is 6.09 Å². The van der Waals surface area contributed by atoms with Crippen molar-refractivity contribution in [3.8, 4) is 23.1 Å². The summed E-state index contributed by atoms with van der Waals surface area (Å²) in [6, 6.07) is 13.3. The van der Waals surface area contributed by atoms with Crippen molar-refractivity contribution in [3.05, 3.63) is 83.1 Å². The molecular formula is C39H44N8O4. The van der Waals surface area contributed by atoms with Crippen molar-refractivity contribution in [2.75, 3.05) is 33.8 Å². The molecule has 1 aliphatic carbocycles. The predicted octanol–water partition coefficient (Wildman–Crippen LogP) is 4.84. The molecule has 51 heavy (non-hydrogen) atoms. The first-order valence-corrected chi connectivity index (χ1v) is 17.7. The van der Waals surface area contributed by atoms with E-state index in [-0.39, 0.29) is 42.4 Å². The molecule has 2 aromatic heterocycles. The molecule has 0 bridgehead atoms. The van der Waals surface area contributed by atoms with Crippen molar-refractivity contribution in [2.45, 2.75) is 57.7 Å². The molecule has 0 spiro atoms. The van der Waals surface area contributed by atoms with Gasteiger partial charge in [0.15, 0.2) is 0 Å². The molecule has 7 rings (SSSR count). The monoisotopic (exact) mass is 688 g/mol. The van der Waals surface area contributed by atoms with Gasteiger partial charge < -0.3 is 35.1 Å². The van der Waals surface area contributed by atoms with Crippen molar-refractivity contribution in [3.63, 3.8) is 0 Å². The lowest BCUT2D eigenvalue weighted by atomic mass is 10.0. The van der Waals surface area contributed by atoms with Crippen LogP contribution in [0, 0.1) is 23.7 Å². The summed E-state index contributed by atoms with van der Waals surface area (Å²) < 4.78 is 4.63. The van der Waals surface area contributed by atoms with Gasteiger partial charge in [0.2, 0.25) is 11.8 Å². The van der Waals surface area contributed by atoms with Crippen LogP contribution in [0.2, 0.25) is 0 Å². The molecule has 2 fully saturated rings. The number of H-pyrrole nitrogens is 2. The number of carbonyl (C=O) groups excluding carboxylic acids is 3. The molecule has 12 heteroatoms. The van der Waals surface area contributed by atoms with Crippen LogP contribution in [0.4, 0.5) is 4.79 Å². The second kappa shape index (κ2) is 14.4. The molecule has 2 aliphatic heterocycles. The Bertz CT molecular complexity index is 2030. The molecule has 3 aliphatic rings. The van der Waals surface area contributed by atoms with Crippen LogP contribution >= 0.6 is 0 Å². The van der Waals surface area contributed by atoms with E-state index in [1.807, 2.05) is 60.6 Å². The van der Waals surface area contributed by atoms with E-state index < -0.39 is 6.09 Å². The largest absolute Gasteiger partial charge is 0.453 e. The Hall–Kier alpha value is -5.41. The number of carbonyl (C=O) groups is 3. The summed E-state index contributed by atoms with van der Waals surface area (Å²) >= 11 is 0. The number of benzene rings is 2. The smallest absolute Gasteiger partial charge is 0.407 e. The Morgan fingerprint density at radius 3 is 2.49 bits per heavy atom. The Labute approximate surface area is 297 Å². The number of hydrogen-bond acceptors (Lipinski definition) is 7. The van der Waals surface area contributed by atoms with Gasteiger partial charge in [0, 0.05) is 24.2 Å². The van der Waals surface area contributed by atoms with E-state index in [1.54, 1.807) is 4.90 Å². The van der Waals surface area contributed by atoms with E-state index >= 15 is 0 Å². The number of ether oxygens (including phenoxy) is 1. The minimum atomic E-state index is -0.638. The number of nitrogens with one attached hydrogen (secondary N) is 4. The fourth-order valence-corrected chi connectivity index (χ4v) is 7.16. The lowest BCUT2D eigenvalue weighted by Gasteiger charge is -2.29. The highest BCUT2D eigenvalue weighted by molar-refractivity contribution is 5.84. The molecule has 3 atom stereocenters. The summed E-state index contributed by atoms with van der Waals surface area (Å²) in [5.41, 5.74) is 6.49. The van der Waals surface area contributed by atoms with Crippen LogP contribution in [0.1, 0.15) is 74.4 Å². The van der Waals surface area contributed by atoms with Gasteiger partial charge in [0.1, 0.15) is 24.2 Å². The number of rotatable bonds is 9. The normalized spacial score (nSPS) is 19.2. The quantitative estimate of drug-likeness (QED) is 0.145. The maximum absolute atomic E-state index is 13.3. The third kappa shape index (κ3) is 7.25. The zero-order chi connectivity index (χ0) is 35.6. The summed E-state index contributed by atoms with van der Waals surface area (Å²) in [6.45, 7) is 5.25. The molecule has 264 valence electrons. The van der Waals surface area contributed by atoms with Gasteiger partial charge in [-0.15, -0.1) is 0 Å². The van der Waals surface area contributed by atoms with Gasteiger partial charge in [-0.25, -0.2) is 14.8 Å². The van der Waals surface area contributed by atoms with E-state index in [4.69, 9.17) is 4.98 Å². The Morgan fingerprint density at radius 2 is 1.76 bits per heavy atom. The SMILES string of the molecule is CNC(C(=O)N1CCCC1c1ncc(-c2ccc(C#Cc3ccc4nc(C5C=C(C6CC6)CN5C(=O)CNC(=O)OC)[nH]c4c3)cc2)[nH]1)C(C)C. The van der Waals surface area contributed by atoms with E-state index in [9.17, 15) is 14.4 Å². The van der Waals surface area contributed by atoms with Crippen LogP contribution in [0.15, 0.2) is 60.3 Å². The minimum absolute atomic E-state index is 0.0547.